The number of hydrogen-bond acceptors (Lipinski definition) is 0. The molecule has 1 rings (SSSR count). The van der Waals surface area contributed by atoms with E-state index >= 15 is 0 Å². The van der Waals surface area contributed by atoms with Crippen LogP contribution in [-0.2, 0) is 0 Å². The first kappa shape index (κ1) is 4.17. The summed E-state index contributed by atoms with van der Waals surface area (Å²) in [5.41, 5.74) is 0. The second-order valence-corrected chi connectivity index (χ2v) is 2.16. The third-order valence-electron chi connectivity index (χ3n) is 1.46. The van der Waals surface area contributed by atoms with E-state index in [1.54, 1.807) is 5.92 Å². The van der Waals surface area contributed by atoms with Gasteiger partial charge in [0.15, 0.2) is 0 Å². The topological polar surface area (TPSA) is 0 Å². The van der Waals surface area contributed by atoms with Crippen LogP contribution in [0.15, 0.2) is 0 Å². The first-order chi connectivity index (χ1) is 2.89. The van der Waals surface area contributed by atoms with Gasteiger partial charge in [0.2, 0.25) is 0 Å². The van der Waals surface area contributed by atoms with Crippen molar-refractivity contribution in [3.63, 3.8) is 0 Å². The van der Waals surface area contributed by atoms with Gasteiger partial charge in [-0.3, -0.25) is 0 Å². The van der Waals surface area contributed by atoms with Crippen LogP contribution in [0.25, 0.3) is 0 Å². The highest BCUT2D eigenvalue weighted by atomic mass is 14.1. The summed E-state index contributed by atoms with van der Waals surface area (Å²) >= 11 is 0. The maximum absolute atomic E-state index is 2.26. The van der Waals surface area contributed by atoms with Gasteiger partial charge in [-0.05, 0) is 18.8 Å². The highest BCUT2D eigenvalue weighted by molar-refractivity contribution is 4.88. The molecule has 0 aromatic carbocycles. The molecule has 0 aromatic rings. The summed E-state index contributed by atoms with van der Waals surface area (Å²) in [7, 11) is 0. The van der Waals surface area contributed by atoms with Gasteiger partial charge in [-0.2, -0.15) is 0 Å². The van der Waals surface area contributed by atoms with E-state index in [1.807, 2.05) is 0 Å². The highest BCUT2D eigenvalue weighted by Gasteiger charge is 2.07. The number of hydrogen-bond donors (Lipinski definition) is 0. The number of rotatable bonds is 0. The van der Waals surface area contributed by atoms with Crippen LogP contribution in [0, 0.1) is 5.92 Å². The zero-order valence-corrected chi connectivity index (χ0v) is 4.33. The van der Waals surface area contributed by atoms with Crippen LogP contribution in [0.4, 0.5) is 0 Å². The Kier molecular flexibility index (Phi) is 1.13. The van der Waals surface area contributed by atoms with E-state index in [1.165, 1.54) is 25.7 Å². The Labute approximate surface area is 39.6 Å². The lowest BCUT2D eigenvalue weighted by atomic mass is 10.2. The summed E-state index contributed by atoms with van der Waals surface area (Å²) in [6, 6.07) is 0. The first-order valence-corrected chi connectivity index (χ1v) is 2.71. The molecule has 0 atom stereocenters. The molecule has 6 heavy (non-hydrogen) atoms. The van der Waals surface area contributed by atoms with Crippen molar-refractivity contribution in [1.29, 1.82) is 0 Å². The molecule has 0 amide bonds. The molecular formula is C6H11. The molecular weight excluding hydrogens is 72.1 g/mol. The average Bonchev–Trinajstić information content (AvgIpc) is 1.86. The van der Waals surface area contributed by atoms with Gasteiger partial charge in [-0.15, -0.1) is 0 Å². The third kappa shape index (κ3) is 0.735. The maximum atomic E-state index is 2.26. The van der Waals surface area contributed by atoms with Crippen LogP contribution in [0.3, 0.4) is 0 Å². The van der Waals surface area contributed by atoms with Gasteiger partial charge >= 0.3 is 0 Å². The minimum Gasteiger partial charge on any atom is -0.0591 e. The normalized spacial score (nSPS) is 25.5. The maximum Gasteiger partial charge on any atom is -0.0272 e. The zero-order valence-electron chi connectivity index (χ0n) is 4.33. The fourth-order valence-corrected chi connectivity index (χ4v) is 0.979. The van der Waals surface area contributed by atoms with E-state index < -0.39 is 0 Å². The van der Waals surface area contributed by atoms with Crippen molar-refractivity contribution in [2.75, 3.05) is 0 Å². The third-order valence-corrected chi connectivity index (χ3v) is 1.46. The van der Waals surface area contributed by atoms with Crippen LogP contribution in [0.5, 0.6) is 0 Å². The summed E-state index contributed by atoms with van der Waals surface area (Å²) in [4.78, 5) is 0. The van der Waals surface area contributed by atoms with Crippen LogP contribution in [0.2, 0.25) is 0 Å². The van der Waals surface area contributed by atoms with Gasteiger partial charge in [-0.25, -0.2) is 0 Å². The van der Waals surface area contributed by atoms with Crippen LogP contribution < -0.4 is 0 Å². The van der Waals surface area contributed by atoms with Gasteiger partial charge in [0.05, 0.1) is 0 Å². The predicted molar refractivity (Wildman–Crippen MR) is 27.4 cm³/mol. The van der Waals surface area contributed by atoms with Crippen molar-refractivity contribution in [2.45, 2.75) is 32.6 Å². The summed E-state index contributed by atoms with van der Waals surface area (Å²) in [5.74, 6) is 1.70. The van der Waals surface area contributed by atoms with E-state index in [2.05, 4.69) is 6.92 Å². The standard InChI is InChI=1S/C6H11/c1-6-4-2-3-5-6/h2-5H2,1H3. The largest absolute Gasteiger partial charge is 0.0591 e. The summed E-state index contributed by atoms with van der Waals surface area (Å²) in [6.07, 6.45) is 5.71. The highest BCUT2D eigenvalue weighted by Crippen LogP contribution is 2.24. The van der Waals surface area contributed by atoms with Crippen molar-refractivity contribution in [3.05, 3.63) is 5.92 Å². The Balaban J connectivity index is 2.18. The Morgan fingerprint density at radius 2 is 1.67 bits per heavy atom. The van der Waals surface area contributed by atoms with Gasteiger partial charge in [-0.1, -0.05) is 19.8 Å². The van der Waals surface area contributed by atoms with Crippen LogP contribution >= 0.6 is 0 Å². The summed E-state index contributed by atoms with van der Waals surface area (Å²) in [6.45, 7) is 2.26. The minimum absolute atomic E-state index is 1.40. The fraction of sp³-hybridized carbons (Fsp3) is 0.833. The zero-order chi connectivity index (χ0) is 4.41. The lowest BCUT2D eigenvalue weighted by Crippen LogP contribution is -1.74. The summed E-state index contributed by atoms with van der Waals surface area (Å²) in [5, 5.41) is 0. The van der Waals surface area contributed by atoms with Gasteiger partial charge < -0.3 is 0 Å². The van der Waals surface area contributed by atoms with Gasteiger partial charge in [0.1, 0.15) is 0 Å². The van der Waals surface area contributed by atoms with Crippen LogP contribution in [-0.4, -0.2) is 0 Å². The molecule has 0 N–H and O–H groups in total. The Bertz CT molecular complexity index is 33.3. The van der Waals surface area contributed by atoms with Gasteiger partial charge in [0, 0.05) is 0 Å². The molecule has 1 aliphatic rings. The van der Waals surface area contributed by atoms with Crippen molar-refractivity contribution in [3.8, 4) is 0 Å². The monoisotopic (exact) mass is 83.1 g/mol. The molecule has 0 saturated heterocycles. The SMILES string of the molecule is C[C]1CCCC1. The van der Waals surface area contributed by atoms with Crippen molar-refractivity contribution < 1.29 is 0 Å². The average molecular weight is 83.2 g/mol. The molecule has 1 fully saturated rings. The second-order valence-electron chi connectivity index (χ2n) is 2.16. The Morgan fingerprint density at radius 1 is 1.17 bits per heavy atom. The second kappa shape index (κ2) is 1.63. The van der Waals surface area contributed by atoms with E-state index in [9.17, 15) is 0 Å². The molecule has 1 aliphatic carbocycles. The molecule has 1 radical (unpaired) electrons. The van der Waals surface area contributed by atoms with Crippen LogP contribution in [0.1, 0.15) is 32.6 Å². The van der Waals surface area contributed by atoms with E-state index in [0.717, 1.165) is 0 Å². The molecule has 0 aliphatic heterocycles. The summed E-state index contributed by atoms with van der Waals surface area (Å²) < 4.78 is 0. The predicted octanol–water partition coefficient (Wildman–Crippen LogP) is 2.15. The molecule has 0 unspecified atom stereocenters. The molecule has 0 spiro atoms. The molecule has 0 aromatic heterocycles. The van der Waals surface area contributed by atoms with Crippen molar-refractivity contribution in [1.82, 2.24) is 0 Å². The smallest absolute Gasteiger partial charge is 0.0272 e. The van der Waals surface area contributed by atoms with Gasteiger partial charge in [0.25, 0.3) is 0 Å². The fourth-order valence-electron chi connectivity index (χ4n) is 0.979. The molecule has 0 heterocycles. The lowest BCUT2D eigenvalue weighted by molar-refractivity contribution is 0.886. The Hall–Kier alpha value is 0. The first-order valence-electron chi connectivity index (χ1n) is 2.71. The quantitative estimate of drug-likeness (QED) is 0.421. The van der Waals surface area contributed by atoms with E-state index in [-0.39, 0.29) is 0 Å². The van der Waals surface area contributed by atoms with Crippen molar-refractivity contribution >= 4 is 0 Å². The molecule has 0 bridgehead atoms. The Morgan fingerprint density at radius 3 is 1.83 bits per heavy atom. The van der Waals surface area contributed by atoms with E-state index in [0.29, 0.717) is 0 Å². The minimum atomic E-state index is 1.40. The molecule has 0 heteroatoms. The molecule has 35 valence electrons. The molecule has 1 saturated carbocycles. The van der Waals surface area contributed by atoms with E-state index in [4.69, 9.17) is 0 Å². The lowest BCUT2D eigenvalue weighted by Gasteiger charge is -1.90. The molecule has 0 nitrogen and oxygen atoms in total. The van der Waals surface area contributed by atoms with Crippen molar-refractivity contribution in [2.24, 2.45) is 0 Å².